The van der Waals surface area contributed by atoms with Gasteiger partial charge >= 0.3 is 0 Å². The maximum Gasteiger partial charge on any atom is 0.224 e. The largest absolute Gasteiger partial charge is 0.489 e. The van der Waals surface area contributed by atoms with E-state index in [0.717, 1.165) is 47.8 Å². The molecule has 1 aromatic heterocycles. The second-order valence-corrected chi connectivity index (χ2v) is 8.55. The van der Waals surface area contributed by atoms with E-state index in [0.29, 0.717) is 25.6 Å². The zero-order valence-electron chi connectivity index (χ0n) is 19.1. The molecule has 3 aromatic rings. The number of nitrogens with one attached hydrogen (secondary N) is 1. The number of carbonyl (C=O) groups excluding carboxylic acids is 1. The third-order valence-corrected chi connectivity index (χ3v) is 6.23. The molecule has 1 aliphatic rings. The van der Waals surface area contributed by atoms with Gasteiger partial charge in [-0.2, -0.15) is 0 Å². The number of hydrogen-bond donors (Lipinski definition) is 1. The number of aromatic nitrogens is 1. The van der Waals surface area contributed by atoms with E-state index in [-0.39, 0.29) is 5.91 Å². The van der Waals surface area contributed by atoms with Crippen LogP contribution >= 0.6 is 0 Å². The summed E-state index contributed by atoms with van der Waals surface area (Å²) in [7, 11) is 0. The Morgan fingerprint density at radius 2 is 1.91 bits per heavy atom. The number of nitrogens with zero attached hydrogens (tertiary/aromatic N) is 2. The molecule has 0 radical (unpaired) electrons. The van der Waals surface area contributed by atoms with Crippen molar-refractivity contribution in [3.05, 3.63) is 82.2 Å². The Morgan fingerprint density at radius 3 is 2.62 bits per heavy atom. The Balaban J connectivity index is 1.22. The second kappa shape index (κ2) is 10.0. The Hall–Kier alpha value is -3.12. The molecule has 1 aliphatic heterocycles. The number of ether oxygens (including phenoxy) is 1. The smallest absolute Gasteiger partial charge is 0.224 e. The first-order valence-electron chi connectivity index (χ1n) is 11.2. The van der Waals surface area contributed by atoms with Crippen molar-refractivity contribution in [2.75, 3.05) is 13.1 Å². The first kappa shape index (κ1) is 22.1. The van der Waals surface area contributed by atoms with Crippen LogP contribution in [0.4, 0.5) is 0 Å². The van der Waals surface area contributed by atoms with Crippen LogP contribution < -0.4 is 10.1 Å². The molecule has 6 heteroatoms. The maximum atomic E-state index is 12.5. The van der Waals surface area contributed by atoms with Crippen molar-refractivity contribution in [1.82, 2.24) is 15.4 Å². The lowest BCUT2D eigenvalue weighted by molar-refractivity contribution is -0.120. The van der Waals surface area contributed by atoms with Gasteiger partial charge in [0.05, 0.1) is 17.7 Å². The minimum atomic E-state index is 0.0404. The summed E-state index contributed by atoms with van der Waals surface area (Å²) in [5.41, 5.74) is 5.62. The summed E-state index contributed by atoms with van der Waals surface area (Å²) in [5.74, 6) is 1.57. The summed E-state index contributed by atoms with van der Waals surface area (Å²) in [6.45, 7) is 9.01. The van der Waals surface area contributed by atoms with E-state index < -0.39 is 0 Å². The molecule has 168 valence electrons. The lowest BCUT2D eigenvalue weighted by atomic mass is 9.99. The van der Waals surface area contributed by atoms with Gasteiger partial charge in [-0.1, -0.05) is 41.6 Å². The van der Waals surface area contributed by atoms with Gasteiger partial charge < -0.3 is 14.6 Å². The van der Waals surface area contributed by atoms with E-state index in [2.05, 4.69) is 46.6 Å². The summed E-state index contributed by atoms with van der Waals surface area (Å²) >= 11 is 0. The van der Waals surface area contributed by atoms with E-state index in [4.69, 9.17) is 9.26 Å². The molecule has 0 unspecified atom stereocenters. The third kappa shape index (κ3) is 5.37. The minimum Gasteiger partial charge on any atom is -0.489 e. The maximum absolute atomic E-state index is 12.5. The highest BCUT2D eigenvalue weighted by Gasteiger charge is 2.20. The standard InChI is InChI=1S/C26H31N3O3/c1-18(29-13-12-22-6-4-5-7-23(22)16-29)15-27-26(30)14-21-8-10-24(11-9-21)31-17-25-19(2)28-32-20(25)3/h4-11,18H,12-17H2,1-3H3,(H,27,30)/t18-/m1/s1. The molecule has 0 aliphatic carbocycles. The van der Waals surface area contributed by atoms with Crippen LogP contribution in [0.3, 0.4) is 0 Å². The predicted molar refractivity (Wildman–Crippen MR) is 123 cm³/mol. The number of hydrogen-bond acceptors (Lipinski definition) is 5. The summed E-state index contributed by atoms with van der Waals surface area (Å²) in [5, 5.41) is 7.04. The van der Waals surface area contributed by atoms with Crippen LogP contribution in [0, 0.1) is 13.8 Å². The molecular formula is C26H31N3O3. The van der Waals surface area contributed by atoms with Crippen molar-refractivity contribution in [2.24, 2.45) is 0 Å². The van der Waals surface area contributed by atoms with Crippen LogP contribution in [0.15, 0.2) is 53.1 Å². The fourth-order valence-corrected chi connectivity index (χ4v) is 4.10. The van der Waals surface area contributed by atoms with Gasteiger partial charge in [-0.05, 0) is 56.0 Å². The zero-order chi connectivity index (χ0) is 22.5. The molecule has 0 saturated heterocycles. The lowest BCUT2D eigenvalue weighted by Crippen LogP contribution is -2.44. The van der Waals surface area contributed by atoms with Crippen LogP contribution in [0.2, 0.25) is 0 Å². The summed E-state index contributed by atoms with van der Waals surface area (Å²) in [6.07, 6.45) is 1.43. The van der Waals surface area contributed by atoms with Gasteiger partial charge in [0.25, 0.3) is 0 Å². The summed E-state index contributed by atoms with van der Waals surface area (Å²) < 4.78 is 11.0. The molecule has 1 atom stereocenters. The molecular weight excluding hydrogens is 402 g/mol. The number of amides is 1. The predicted octanol–water partition coefficient (Wildman–Crippen LogP) is 3.98. The normalized spacial score (nSPS) is 14.6. The first-order valence-corrected chi connectivity index (χ1v) is 11.2. The molecule has 0 spiro atoms. The number of aryl methyl sites for hydroxylation is 2. The fourth-order valence-electron chi connectivity index (χ4n) is 4.10. The van der Waals surface area contributed by atoms with Gasteiger partial charge in [0, 0.05) is 25.7 Å². The minimum absolute atomic E-state index is 0.0404. The van der Waals surface area contributed by atoms with E-state index in [9.17, 15) is 4.79 Å². The molecule has 2 heterocycles. The molecule has 6 nitrogen and oxygen atoms in total. The highest BCUT2D eigenvalue weighted by molar-refractivity contribution is 5.78. The van der Waals surface area contributed by atoms with E-state index in [1.807, 2.05) is 38.1 Å². The van der Waals surface area contributed by atoms with Gasteiger partial charge in [-0.25, -0.2) is 0 Å². The number of benzene rings is 2. The number of carbonyl (C=O) groups is 1. The van der Waals surface area contributed by atoms with Gasteiger partial charge in [-0.3, -0.25) is 9.69 Å². The van der Waals surface area contributed by atoms with Crippen LogP contribution in [0.5, 0.6) is 5.75 Å². The van der Waals surface area contributed by atoms with Crippen molar-refractivity contribution in [3.8, 4) is 5.75 Å². The highest BCUT2D eigenvalue weighted by atomic mass is 16.5. The van der Waals surface area contributed by atoms with Crippen molar-refractivity contribution < 1.29 is 14.1 Å². The van der Waals surface area contributed by atoms with E-state index in [1.54, 1.807) is 0 Å². The molecule has 2 aromatic carbocycles. The van der Waals surface area contributed by atoms with Crippen LogP contribution in [0.25, 0.3) is 0 Å². The Bertz CT molecular complexity index is 1040. The molecule has 0 saturated carbocycles. The third-order valence-electron chi connectivity index (χ3n) is 6.23. The molecule has 1 N–H and O–H groups in total. The van der Waals surface area contributed by atoms with E-state index in [1.165, 1.54) is 11.1 Å². The average Bonchev–Trinajstić information content (AvgIpc) is 3.13. The fraction of sp³-hybridized carbons (Fsp3) is 0.385. The Labute approximate surface area is 189 Å². The highest BCUT2D eigenvalue weighted by Crippen LogP contribution is 2.20. The first-order chi connectivity index (χ1) is 15.5. The molecule has 0 bridgehead atoms. The van der Waals surface area contributed by atoms with Gasteiger partial charge in [-0.15, -0.1) is 0 Å². The number of rotatable bonds is 8. The Morgan fingerprint density at radius 1 is 1.16 bits per heavy atom. The van der Waals surface area contributed by atoms with Crippen molar-refractivity contribution in [1.29, 1.82) is 0 Å². The summed E-state index contributed by atoms with van der Waals surface area (Å²) in [4.78, 5) is 14.9. The molecule has 0 fully saturated rings. The molecule has 32 heavy (non-hydrogen) atoms. The quantitative estimate of drug-likeness (QED) is 0.582. The zero-order valence-corrected chi connectivity index (χ0v) is 19.1. The Kier molecular flexibility index (Phi) is 6.90. The van der Waals surface area contributed by atoms with Gasteiger partial charge in [0.1, 0.15) is 18.1 Å². The van der Waals surface area contributed by atoms with Crippen molar-refractivity contribution in [2.45, 2.75) is 52.8 Å². The average molecular weight is 434 g/mol. The van der Waals surface area contributed by atoms with Gasteiger partial charge in [0.2, 0.25) is 5.91 Å². The van der Waals surface area contributed by atoms with Crippen molar-refractivity contribution in [3.63, 3.8) is 0 Å². The topological polar surface area (TPSA) is 67.6 Å². The van der Waals surface area contributed by atoms with Crippen LogP contribution in [-0.4, -0.2) is 35.1 Å². The molecule has 1 amide bonds. The van der Waals surface area contributed by atoms with E-state index >= 15 is 0 Å². The summed E-state index contributed by atoms with van der Waals surface area (Å²) in [6, 6.07) is 16.6. The second-order valence-electron chi connectivity index (χ2n) is 8.55. The lowest BCUT2D eigenvalue weighted by Gasteiger charge is -2.33. The monoisotopic (exact) mass is 433 g/mol. The molecule has 4 rings (SSSR count). The van der Waals surface area contributed by atoms with Crippen LogP contribution in [-0.2, 0) is 30.8 Å². The van der Waals surface area contributed by atoms with Crippen LogP contribution in [0.1, 0.15) is 40.6 Å². The van der Waals surface area contributed by atoms with Crippen molar-refractivity contribution >= 4 is 5.91 Å². The SMILES string of the molecule is Cc1noc(C)c1COc1ccc(CC(=O)NC[C@@H](C)N2CCc3ccccc3C2)cc1. The number of fused-ring (bicyclic) bond motifs is 1. The van der Waals surface area contributed by atoms with Gasteiger partial charge in [0.15, 0.2) is 0 Å².